The summed E-state index contributed by atoms with van der Waals surface area (Å²) >= 11 is 3.43. The minimum atomic E-state index is -1.31. The van der Waals surface area contributed by atoms with Crippen LogP contribution in [0.3, 0.4) is 0 Å². The third-order valence-corrected chi connectivity index (χ3v) is 1.71. The number of ether oxygens (including phenoxy) is 1. The van der Waals surface area contributed by atoms with Crippen LogP contribution in [0.15, 0.2) is 11.0 Å². The van der Waals surface area contributed by atoms with Crippen molar-refractivity contribution < 1.29 is 17.9 Å². The predicted molar refractivity (Wildman–Crippen MR) is 40.1 cm³/mol. The molecule has 1 rings (SSSR count). The maximum atomic E-state index is 12.8. The van der Waals surface area contributed by atoms with E-state index in [1.807, 2.05) is 0 Å². The molecule has 0 fully saturated rings. The zero-order chi connectivity index (χ0) is 9.30. The SMILES string of the molecule is COc1cc(F)c(F)c(S)c1F. The first-order chi connectivity index (χ1) is 5.57. The molecule has 0 bridgehead atoms. The van der Waals surface area contributed by atoms with Gasteiger partial charge in [-0.05, 0) is 0 Å². The van der Waals surface area contributed by atoms with Crippen LogP contribution in [0.25, 0.3) is 0 Å². The van der Waals surface area contributed by atoms with Gasteiger partial charge in [-0.15, -0.1) is 12.6 Å². The molecule has 0 heterocycles. The number of hydrogen-bond donors (Lipinski definition) is 1. The van der Waals surface area contributed by atoms with Crippen LogP contribution >= 0.6 is 12.6 Å². The summed E-state index contributed by atoms with van der Waals surface area (Å²) in [4.78, 5) is -0.674. The van der Waals surface area contributed by atoms with Gasteiger partial charge in [0.25, 0.3) is 0 Å². The summed E-state index contributed by atoms with van der Waals surface area (Å²) in [5.74, 6) is -3.85. The third-order valence-electron chi connectivity index (χ3n) is 1.32. The van der Waals surface area contributed by atoms with Gasteiger partial charge in [0.05, 0.1) is 12.0 Å². The van der Waals surface area contributed by atoms with Crippen LogP contribution in [0.4, 0.5) is 13.2 Å². The third kappa shape index (κ3) is 1.36. The molecule has 1 nitrogen and oxygen atoms in total. The van der Waals surface area contributed by atoms with Crippen LogP contribution in [0.5, 0.6) is 5.75 Å². The van der Waals surface area contributed by atoms with Gasteiger partial charge in [-0.25, -0.2) is 13.2 Å². The van der Waals surface area contributed by atoms with Crippen molar-refractivity contribution in [2.24, 2.45) is 0 Å². The maximum absolute atomic E-state index is 12.8. The second-order valence-electron chi connectivity index (χ2n) is 2.04. The molecule has 0 spiro atoms. The highest BCUT2D eigenvalue weighted by Crippen LogP contribution is 2.27. The van der Waals surface area contributed by atoms with E-state index in [0.717, 1.165) is 7.11 Å². The number of hydrogen-bond acceptors (Lipinski definition) is 2. The molecule has 0 N–H and O–H groups in total. The first-order valence-corrected chi connectivity index (χ1v) is 3.43. The normalized spacial score (nSPS) is 10.1. The minimum absolute atomic E-state index is 0.362. The van der Waals surface area contributed by atoms with Crippen LogP contribution in [-0.4, -0.2) is 7.11 Å². The standard InChI is InChI=1S/C7H5F3OS/c1-11-4-2-3(8)5(9)7(12)6(4)10/h2,12H,1H3. The number of thiol groups is 1. The van der Waals surface area contributed by atoms with E-state index in [2.05, 4.69) is 17.4 Å². The van der Waals surface area contributed by atoms with E-state index < -0.39 is 22.3 Å². The van der Waals surface area contributed by atoms with Gasteiger partial charge in [0, 0.05) is 6.07 Å². The fourth-order valence-electron chi connectivity index (χ4n) is 0.717. The van der Waals surface area contributed by atoms with Crippen LogP contribution in [0.2, 0.25) is 0 Å². The molecular weight excluding hydrogens is 189 g/mol. The molecule has 0 aliphatic heterocycles. The van der Waals surface area contributed by atoms with Crippen LogP contribution < -0.4 is 4.74 Å². The molecule has 0 saturated carbocycles. The summed E-state index contributed by atoms with van der Waals surface area (Å²) in [6, 6.07) is 0.629. The van der Waals surface area contributed by atoms with E-state index in [-0.39, 0.29) is 5.75 Å². The summed E-state index contributed by atoms with van der Waals surface area (Å²) in [6.45, 7) is 0. The monoisotopic (exact) mass is 194 g/mol. The smallest absolute Gasteiger partial charge is 0.181 e. The summed E-state index contributed by atoms with van der Waals surface area (Å²) in [6.07, 6.45) is 0. The Morgan fingerprint density at radius 1 is 1.25 bits per heavy atom. The molecule has 1 aromatic carbocycles. The van der Waals surface area contributed by atoms with Gasteiger partial charge < -0.3 is 4.74 Å². The first kappa shape index (κ1) is 9.25. The van der Waals surface area contributed by atoms with Crippen molar-refractivity contribution in [2.75, 3.05) is 7.11 Å². The zero-order valence-electron chi connectivity index (χ0n) is 6.07. The Kier molecular flexibility index (Phi) is 2.52. The molecule has 0 atom stereocenters. The molecule has 1 aromatic rings. The van der Waals surface area contributed by atoms with Gasteiger partial charge in [-0.2, -0.15) is 0 Å². The van der Waals surface area contributed by atoms with Crippen molar-refractivity contribution in [1.82, 2.24) is 0 Å². The van der Waals surface area contributed by atoms with Crippen molar-refractivity contribution >= 4 is 12.6 Å². The van der Waals surface area contributed by atoms with Crippen molar-refractivity contribution in [2.45, 2.75) is 4.90 Å². The molecule has 0 radical (unpaired) electrons. The lowest BCUT2D eigenvalue weighted by Gasteiger charge is -2.04. The first-order valence-electron chi connectivity index (χ1n) is 2.98. The van der Waals surface area contributed by atoms with Gasteiger partial charge in [-0.3, -0.25) is 0 Å². The van der Waals surface area contributed by atoms with E-state index in [1.54, 1.807) is 0 Å². The average Bonchev–Trinajstić information content (AvgIpc) is 2.08. The van der Waals surface area contributed by atoms with Crippen molar-refractivity contribution in [3.63, 3.8) is 0 Å². The highest BCUT2D eigenvalue weighted by atomic mass is 32.1. The Balaban J connectivity index is 3.39. The minimum Gasteiger partial charge on any atom is -0.494 e. The molecule has 66 valence electrons. The van der Waals surface area contributed by atoms with Crippen molar-refractivity contribution in [3.05, 3.63) is 23.5 Å². The van der Waals surface area contributed by atoms with Crippen LogP contribution in [-0.2, 0) is 0 Å². The number of benzene rings is 1. The number of rotatable bonds is 1. The summed E-state index contributed by atoms with van der Waals surface area (Å²) in [5.41, 5.74) is 0. The Labute approximate surface area is 72.6 Å². The average molecular weight is 194 g/mol. The lowest BCUT2D eigenvalue weighted by atomic mass is 10.3. The summed E-state index contributed by atoms with van der Waals surface area (Å²) < 4.78 is 42.4. The fourth-order valence-corrected chi connectivity index (χ4v) is 0.934. The second-order valence-corrected chi connectivity index (χ2v) is 2.48. The highest BCUT2D eigenvalue weighted by molar-refractivity contribution is 7.80. The predicted octanol–water partition coefficient (Wildman–Crippen LogP) is 2.40. The van der Waals surface area contributed by atoms with Crippen molar-refractivity contribution in [3.8, 4) is 5.75 Å². The number of halogens is 3. The topological polar surface area (TPSA) is 9.23 Å². The lowest BCUT2D eigenvalue weighted by Crippen LogP contribution is -1.95. The summed E-state index contributed by atoms with van der Waals surface area (Å²) in [7, 11) is 1.16. The molecule has 0 aliphatic rings. The molecule has 0 aliphatic carbocycles. The van der Waals surface area contributed by atoms with Crippen molar-refractivity contribution in [1.29, 1.82) is 0 Å². The van der Waals surface area contributed by atoms with Gasteiger partial charge in [0.2, 0.25) is 0 Å². The van der Waals surface area contributed by atoms with E-state index in [0.29, 0.717) is 6.07 Å². The Bertz CT molecular complexity index is 314. The highest BCUT2D eigenvalue weighted by Gasteiger charge is 2.16. The Morgan fingerprint density at radius 2 is 1.83 bits per heavy atom. The maximum Gasteiger partial charge on any atom is 0.181 e. The lowest BCUT2D eigenvalue weighted by molar-refractivity contribution is 0.366. The van der Waals surface area contributed by atoms with Gasteiger partial charge >= 0.3 is 0 Å². The molecule has 12 heavy (non-hydrogen) atoms. The molecule has 0 amide bonds. The molecular formula is C7H5F3OS. The number of methoxy groups -OCH3 is 1. The Hall–Kier alpha value is -0.840. The van der Waals surface area contributed by atoms with Gasteiger partial charge in [0.15, 0.2) is 23.2 Å². The zero-order valence-corrected chi connectivity index (χ0v) is 6.96. The molecule has 0 unspecified atom stereocenters. The van der Waals surface area contributed by atoms with E-state index in [4.69, 9.17) is 0 Å². The van der Waals surface area contributed by atoms with Crippen LogP contribution in [0.1, 0.15) is 0 Å². The largest absolute Gasteiger partial charge is 0.494 e. The van der Waals surface area contributed by atoms with Gasteiger partial charge in [0.1, 0.15) is 0 Å². The molecule has 5 heteroatoms. The van der Waals surface area contributed by atoms with Crippen LogP contribution in [0, 0.1) is 17.5 Å². The van der Waals surface area contributed by atoms with E-state index >= 15 is 0 Å². The summed E-state index contributed by atoms with van der Waals surface area (Å²) in [5, 5.41) is 0. The Morgan fingerprint density at radius 3 is 2.33 bits per heavy atom. The van der Waals surface area contributed by atoms with E-state index in [9.17, 15) is 13.2 Å². The quantitative estimate of drug-likeness (QED) is 0.533. The second kappa shape index (κ2) is 3.26. The molecule has 0 aromatic heterocycles. The molecule has 0 saturated heterocycles. The fraction of sp³-hybridized carbons (Fsp3) is 0.143. The van der Waals surface area contributed by atoms with E-state index in [1.165, 1.54) is 0 Å². The van der Waals surface area contributed by atoms with Gasteiger partial charge in [-0.1, -0.05) is 0 Å².